The normalized spacial score (nSPS) is 20.9. The van der Waals surface area contributed by atoms with E-state index in [1.54, 1.807) is 10.6 Å². The minimum atomic E-state index is -4.06. The summed E-state index contributed by atoms with van der Waals surface area (Å²) in [5.74, 6) is -13.2. The van der Waals surface area contributed by atoms with E-state index in [0.29, 0.717) is 12.8 Å². The fraction of sp³-hybridized carbons (Fsp3) is 0.875. The van der Waals surface area contributed by atoms with Crippen LogP contribution in [0, 0.1) is 0 Å². The maximum Gasteiger partial charge on any atom is 0.352 e. The molecule has 0 atom stereocenters. The minimum Gasteiger partial charge on any atom is -0.383 e. The van der Waals surface area contributed by atoms with Crippen LogP contribution in [-0.4, -0.2) is 78.1 Å². The largest absolute Gasteiger partial charge is 0.383 e. The Kier molecular flexibility index (Phi) is 6.56. The van der Waals surface area contributed by atoms with Gasteiger partial charge in [-0.1, -0.05) is 0 Å². The van der Waals surface area contributed by atoms with Gasteiger partial charge < -0.3 is 20.8 Å². The second-order valence-corrected chi connectivity index (χ2v) is 9.89. The summed E-state index contributed by atoms with van der Waals surface area (Å²) in [6, 6.07) is 0. The average molecular weight is 448 g/mol. The predicted molar refractivity (Wildman–Crippen MR) is 92.2 cm³/mol. The Hall–Kier alpha value is -1.47. The summed E-state index contributed by atoms with van der Waals surface area (Å²) in [7, 11) is -3.96. The van der Waals surface area contributed by atoms with Gasteiger partial charge in [-0.15, -0.1) is 0 Å². The van der Waals surface area contributed by atoms with E-state index < -0.39 is 69.3 Å². The summed E-state index contributed by atoms with van der Waals surface area (Å²) in [5.41, 5.74) is -4.87. The Morgan fingerprint density at radius 2 is 1.10 bits per heavy atom. The minimum absolute atomic E-state index is 0.245. The van der Waals surface area contributed by atoms with Crippen LogP contribution in [0.15, 0.2) is 0 Å². The molecule has 0 heterocycles. The van der Waals surface area contributed by atoms with E-state index in [2.05, 4.69) is 0 Å². The van der Waals surface area contributed by atoms with Crippen molar-refractivity contribution in [3.05, 3.63) is 0 Å². The molecule has 0 unspecified atom stereocenters. The molecule has 2 rings (SSSR count). The number of halogens is 4. The summed E-state index contributed by atoms with van der Waals surface area (Å²) in [5, 5.41) is 22.8. The van der Waals surface area contributed by atoms with Crippen LogP contribution < -0.4 is 10.6 Å². The third kappa shape index (κ3) is 4.66. The van der Waals surface area contributed by atoms with Gasteiger partial charge in [-0.3, -0.25) is 9.59 Å². The molecular formula is C16H24F4N2O6S. The number of hydrogen-bond donors (Lipinski definition) is 4. The molecule has 13 heteroatoms. The smallest absolute Gasteiger partial charge is 0.352 e. The van der Waals surface area contributed by atoms with Crippen LogP contribution in [0.3, 0.4) is 0 Å². The predicted octanol–water partition coefficient (Wildman–Crippen LogP) is -0.266. The van der Waals surface area contributed by atoms with Gasteiger partial charge in [-0.05, 0) is 38.5 Å². The SMILES string of the molecule is O=C(NCCS(=O)(=O)CCNC(=O)C(F)(F)C1(O)CCC1)C(F)(F)C1(O)CCC1. The number of rotatable bonds is 10. The Morgan fingerprint density at radius 3 is 1.34 bits per heavy atom. The zero-order chi connectivity index (χ0) is 22.1. The molecule has 0 bridgehead atoms. The molecular weight excluding hydrogens is 424 g/mol. The van der Waals surface area contributed by atoms with Crippen molar-refractivity contribution in [2.75, 3.05) is 24.6 Å². The summed E-state index contributed by atoms with van der Waals surface area (Å²) >= 11 is 0. The van der Waals surface area contributed by atoms with Crippen LogP contribution in [0.2, 0.25) is 0 Å². The molecule has 0 aliphatic heterocycles. The van der Waals surface area contributed by atoms with Gasteiger partial charge >= 0.3 is 11.8 Å². The van der Waals surface area contributed by atoms with E-state index >= 15 is 0 Å². The van der Waals surface area contributed by atoms with Gasteiger partial charge in [0.05, 0.1) is 11.5 Å². The molecule has 4 N–H and O–H groups in total. The van der Waals surface area contributed by atoms with E-state index in [-0.39, 0.29) is 25.7 Å². The first-order chi connectivity index (χ1) is 13.2. The Labute approximate surface area is 165 Å². The standard InChI is InChI=1S/C16H24F4N2O6S/c17-15(18,13(25)3-1-4-13)11(23)21-7-9-29(27,28)10-8-22-12(24)16(19,20)14(26)5-2-6-14/h25-26H,1-10H2,(H,21,23)(H,22,24). The fourth-order valence-electron chi connectivity index (χ4n) is 3.04. The highest BCUT2D eigenvalue weighted by Crippen LogP contribution is 2.45. The molecule has 2 fully saturated rings. The lowest BCUT2D eigenvalue weighted by Gasteiger charge is -2.41. The van der Waals surface area contributed by atoms with E-state index in [1.807, 2.05) is 0 Å². The lowest BCUT2D eigenvalue weighted by molar-refractivity contribution is -0.216. The quantitative estimate of drug-likeness (QED) is 0.340. The highest BCUT2D eigenvalue weighted by atomic mass is 32.2. The molecule has 0 aromatic heterocycles. The third-order valence-corrected chi connectivity index (χ3v) is 7.15. The van der Waals surface area contributed by atoms with E-state index in [4.69, 9.17) is 0 Å². The van der Waals surface area contributed by atoms with E-state index in [1.165, 1.54) is 0 Å². The first-order valence-corrected chi connectivity index (χ1v) is 11.0. The molecule has 0 radical (unpaired) electrons. The fourth-order valence-corrected chi connectivity index (χ4v) is 4.07. The van der Waals surface area contributed by atoms with Gasteiger partial charge in [0.15, 0.2) is 9.84 Å². The first-order valence-electron chi connectivity index (χ1n) is 9.14. The first kappa shape index (κ1) is 23.8. The Bertz CT molecular complexity index is 695. The highest BCUT2D eigenvalue weighted by molar-refractivity contribution is 7.91. The second-order valence-electron chi connectivity index (χ2n) is 7.58. The summed E-state index contributed by atoms with van der Waals surface area (Å²) < 4.78 is 79.1. The van der Waals surface area contributed by atoms with Crippen molar-refractivity contribution in [1.29, 1.82) is 0 Å². The van der Waals surface area contributed by atoms with E-state index in [9.17, 15) is 45.8 Å². The molecule has 2 amide bonds. The van der Waals surface area contributed by atoms with Crippen LogP contribution in [0.4, 0.5) is 17.6 Å². The Morgan fingerprint density at radius 1 is 0.793 bits per heavy atom. The molecule has 0 aromatic carbocycles. The van der Waals surface area contributed by atoms with Gasteiger partial charge in [-0.25, -0.2) is 8.42 Å². The van der Waals surface area contributed by atoms with Crippen LogP contribution in [0.25, 0.3) is 0 Å². The van der Waals surface area contributed by atoms with Crippen LogP contribution in [0.1, 0.15) is 38.5 Å². The number of sulfone groups is 1. The second kappa shape index (κ2) is 7.99. The summed E-state index contributed by atoms with van der Waals surface area (Å²) in [4.78, 5) is 23.1. The van der Waals surface area contributed by atoms with Crippen molar-refractivity contribution < 1.29 is 45.8 Å². The molecule has 0 aromatic rings. The van der Waals surface area contributed by atoms with Gasteiger partial charge in [0.1, 0.15) is 11.2 Å². The molecule has 29 heavy (non-hydrogen) atoms. The van der Waals surface area contributed by atoms with Crippen LogP contribution in [-0.2, 0) is 19.4 Å². The number of carbonyl (C=O) groups excluding carboxylic acids is 2. The van der Waals surface area contributed by atoms with Crippen LogP contribution >= 0.6 is 0 Å². The van der Waals surface area contributed by atoms with Gasteiger partial charge in [-0.2, -0.15) is 17.6 Å². The van der Waals surface area contributed by atoms with Crippen LogP contribution in [0.5, 0.6) is 0 Å². The molecule has 2 aliphatic rings. The zero-order valence-electron chi connectivity index (χ0n) is 15.5. The highest BCUT2D eigenvalue weighted by Gasteiger charge is 2.61. The lowest BCUT2D eigenvalue weighted by atomic mass is 9.75. The molecule has 0 spiro atoms. The molecule has 8 nitrogen and oxygen atoms in total. The van der Waals surface area contributed by atoms with Crippen molar-refractivity contribution in [3.63, 3.8) is 0 Å². The lowest BCUT2D eigenvalue weighted by Crippen LogP contribution is -2.61. The number of aliphatic hydroxyl groups is 2. The molecule has 2 aliphatic carbocycles. The summed E-state index contributed by atoms with van der Waals surface area (Å²) in [6.45, 7) is -1.34. The van der Waals surface area contributed by atoms with Crippen molar-refractivity contribution in [1.82, 2.24) is 10.6 Å². The van der Waals surface area contributed by atoms with Gasteiger partial charge in [0.2, 0.25) is 0 Å². The maximum absolute atomic E-state index is 13.8. The maximum atomic E-state index is 13.8. The van der Waals surface area contributed by atoms with Crippen molar-refractivity contribution in [3.8, 4) is 0 Å². The Balaban J connectivity index is 1.75. The van der Waals surface area contributed by atoms with Gasteiger partial charge in [0, 0.05) is 13.1 Å². The number of alkyl halides is 4. The molecule has 2 saturated carbocycles. The van der Waals surface area contributed by atoms with Crippen molar-refractivity contribution in [2.24, 2.45) is 0 Å². The van der Waals surface area contributed by atoms with E-state index in [0.717, 1.165) is 0 Å². The van der Waals surface area contributed by atoms with Crippen molar-refractivity contribution in [2.45, 2.75) is 61.6 Å². The number of nitrogens with one attached hydrogen (secondary N) is 2. The number of carbonyl (C=O) groups is 2. The molecule has 0 saturated heterocycles. The number of hydrogen-bond acceptors (Lipinski definition) is 6. The topological polar surface area (TPSA) is 133 Å². The zero-order valence-corrected chi connectivity index (χ0v) is 16.3. The molecule has 168 valence electrons. The van der Waals surface area contributed by atoms with Gasteiger partial charge in [0.25, 0.3) is 11.8 Å². The van der Waals surface area contributed by atoms with Crippen molar-refractivity contribution >= 4 is 21.7 Å². The number of amides is 2. The monoisotopic (exact) mass is 448 g/mol. The third-order valence-electron chi connectivity index (χ3n) is 5.50. The average Bonchev–Trinajstić information content (AvgIpc) is 2.56. The summed E-state index contributed by atoms with van der Waals surface area (Å²) in [6.07, 6.45) is -0.293.